The Bertz CT molecular complexity index is 320. The molecular weight excluding hydrogens is 208 g/mol. The molecule has 0 atom stereocenters. The summed E-state index contributed by atoms with van der Waals surface area (Å²) in [6, 6.07) is 0. The Hall–Kier alpha value is -1.43. The molecule has 0 spiro atoms. The van der Waals surface area contributed by atoms with Crippen molar-refractivity contribution in [2.24, 2.45) is 5.92 Å². The van der Waals surface area contributed by atoms with Gasteiger partial charge >= 0.3 is 0 Å². The normalized spacial score (nSPS) is 17.2. The highest BCUT2D eigenvalue weighted by Gasteiger charge is 2.15. The second-order valence-electron chi connectivity index (χ2n) is 3.98. The number of carbonyl (C=O) groups is 1. The zero-order valence-corrected chi connectivity index (χ0v) is 9.11. The Morgan fingerprint density at radius 1 is 1.56 bits per heavy atom. The molecule has 1 fully saturated rings. The third-order valence-electron chi connectivity index (χ3n) is 2.79. The molecule has 0 unspecified atom stereocenters. The predicted molar refractivity (Wildman–Crippen MR) is 57.8 cm³/mol. The van der Waals surface area contributed by atoms with Crippen LogP contribution in [0.5, 0.6) is 0 Å². The molecule has 0 aromatic carbocycles. The molecule has 1 aliphatic heterocycles. The van der Waals surface area contributed by atoms with E-state index in [4.69, 9.17) is 4.74 Å². The number of hydrogen-bond acceptors (Lipinski definition) is 4. The quantitative estimate of drug-likeness (QED) is 0.798. The van der Waals surface area contributed by atoms with E-state index in [0.29, 0.717) is 18.3 Å². The third-order valence-corrected chi connectivity index (χ3v) is 2.79. The van der Waals surface area contributed by atoms with E-state index in [9.17, 15) is 4.79 Å². The van der Waals surface area contributed by atoms with Crippen molar-refractivity contribution in [2.75, 3.05) is 18.5 Å². The minimum absolute atomic E-state index is 0.0109. The SMILES string of the molecule is O=C(CCC1CCOCC1)Nc1ncn[nH]1. The van der Waals surface area contributed by atoms with Gasteiger partial charge in [-0.2, -0.15) is 10.1 Å². The Morgan fingerprint density at radius 2 is 2.38 bits per heavy atom. The lowest BCUT2D eigenvalue weighted by atomic mass is 9.95. The van der Waals surface area contributed by atoms with Crippen LogP contribution in [0.2, 0.25) is 0 Å². The summed E-state index contributed by atoms with van der Waals surface area (Å²) < 4.78 is 5.27. The first-order valence-corrected chi connectivity index (χ1v) is 5.57. The summed E-state index contributed by atoms with van der Waals surface area (Å²) in [5.74, 6) is 1.02. The van der Waals surface area contributed by atoms with Crippen molar-refractivity contribution in [1.29, 1.82) is 0 Å². The second kappa shape index (κ2) is 5.60. The summed E-state index contributed by atoms with van der Waals surface area (Å²) in [6.07, 6.45) is 4.95. The maximum Gasteiger partial charge on any atom is 0.226 e. The van der Waals surface area contributed by atoms with Crippen molar-refractivity contribution < 1.29 is 9.53 Å². The lowest BCUT2D eigenvalue weighted by molar-refractivity contribution is -0.116. The Labute approximate surface area is 93.8 Å². The summed E-state index contributed by atoms with van der Waals surface area (Å²) in [5, 5.41) is 8.91. The van der Waals surface area contributed by atoms with E-state index in [2.05, 4.69) is 20.5 Å². The Kier molecular flexibility index (Phi) is 3.87. The fraction of sp³-hybridized carbons (Fsp3) is 0.700. The number of nitrogens with one attached hydrogen (secondary N) is 2. The summed E-state index contributed by atoms with van der Waals surface area (Å²) in [7, 11) is 0. The molecule has 0 radical (unpaired) electrons. The van der Waals surface area contributed by atoms with Crippen LogP contribution >= 0.6 is 0 Å². The molecule has 6 nitrogen and oxygen atoms in total. The molecule has 6 heteroatoms. The van der Waals surface area contributed by atoms with Gasteiger partial charge in [-0.1, -0.05) is 0 Å². The van der Waals surface area contributed by atoms with E-state index in [1.807, 2.05) is 0 Å². The molecule has 0 aliphatic carbocycles. The molecule has 1 amide bonds. The fourth-order valence-corrected chi connectivity index (χ4v) is 1.83. The molecule has 1 aromatic rings. The summed E-state index contributed by atoms with van der Waals surface area (Å²) in [4.78, 5) is 15.4. The summed E-state index contributed by atoms with van der Waals surface area (Å²) in [6.45, 7) is 1.66. The summed E-state index contributed by atoms with van der Waals surface area (Å²) in [5.41, 5.74) is 0. The van der Waals surface area contributed by atoms with Crippen molar-refractivity contribution in [3.63, 3.8) is 0 Å². The van der Waals surface area contributed by atoms with Crippen LogP contribution in [0.1, 0.15) is 25.7 Å². The van der Waals surface area contributed by atoms with Gasteiger partial charge in [-0.05, 0) is 25.2 Å². The monoisotopic (exact) mass is 224 g/mol. The van der Waals surface area contributed by atoms with Crippen LogP contribution < -0.4 is 5.32 Å². The molecule has 2 rings (SSSR count). The topological polar surface area (TPSA) is 79.9 Å². The van der Waals surface area contributed by atoms with Crippen molar-refractivity contribution in [1.82, 2.24) is 15.2 Å². The Balaban J connectivity index is 1.67. The number of anilines is 1. The first kappa shape index (κ1) is 11.1. The zero-order valence-electron chi connectivity index (χ0n) is 9.11. The van der Waals surface area contributed by atoms with Crippen molar-refractivity contribution in [2.45, 2.75) is 25.7 Å². The first-order chi connectivity index (χ1) is 7.84. The molecular formula is C10H16N4O2. The minimum atomic E-state index is -0.0109. The van der Waals surface area contributed by atoms with Gasteiger partial charge < -0.3 is 4.74 Å². The van der Waals surface area contributed by atoms with E-state index < -0.39 is 0 Å². The number of H-pyrrole nitrogens is 1. The minimum Gasteiger partial charge on any atom is -0.381 e. The number of carbonyl (C=O) groups excluding carboxylic acids is 1. The van der Waals surface area contributed by atoms with Crippen LogP contribution in [0, 0.1) is 5.92 Å². The van der Waals surface area contributed by atoms with Crippen LogP contribution in [0.25, 0.3) is 0 Å². The number of aromatic nitrogens is 3. The average molecular weight is 224 g/mol. The summed E-state index contributed by atoms with van der Waals surface area (Å²) >= 11 is 0. The van der Waals surface area contributed by atoms with Gasteiger partial charge in [0.15, 0.2) is 0 Å². The van der Waals surface area contributed by atoms with Gasteiger partial charge in [-0.15, -0.1) is 0 Å². The molecule has 2 heterocycles. The van der Waals surface area contributed by atoms with Crippen LogP contribution in [-0.4, -0.2) is 34.3 Å². The van der Waals surface area contributed by atoms with Gasteiger partial charge in [0.1, 0.15) is 6.33 Å². The first-order valence-electron chi connectivity index (χ1n) is 5.57. The number of amides is 1. The molecule has 1 aromatic heterocycles. The number of nitrogens with zero attached hydrogens (tertiary/aromatic N) is 2. The highest BCUT2D eigenvalue weighted by atomic mass is 16.5. The molecule has 2 N–H and O–H groups in total. The van der Waals surface area contributed by atoms with Gasteiger partial charge in [0.2, 0.25) is 11.9 Å². The van der Waals surface area contributed by atoms with Gasteiger partial charge in [0.25, 0.3) is 0 Å². The maximum atomic E-state index is 11.5. The zero-order chi connectivity index (χ0) is 11.2. The van der Waals surface area contributed by atoms with E-state index in [1.54, 1.807) is 0 Å². The number of aromatic amines is 1. The van der Waals surface area contributed by atoms with Crippen LogP contribution in [0.15, 0.2) is 6.33 Å². The largest absolute Gasteiger partial charge is 0.381 e. The Morgan fingerprint density at radius 3 is 3.06 bits per heavy atom. The van der Waals surface area contributed by atoms with Gasteiger partial charge in [0, 0.05) is 19.6 Å². The molecule has 16 heavy (non-hydrogen) atoms. The highest BCUT2D eigenvalue weighted by molar-refractivity contribution is 5.88. The fourth-order valence-electron chi connectivity index (χ4n) is 1.83. The molecule has 88 valence electrons. The second-order valence-corrected chi connectivity index (χ2v) is 3.98. The highest BCUT2D eigenvalue weighted by Crippen LogP contribution is 2.19. The molecule has 0 bridgehead atoms. The van der Waals surface area contributed by atoms with Gasteiger partial charge in [-0.3, -0.25) is 10.1 Å². The van der Waals surface area contributed by atoms with Gasteiger partial charge in [0.05, 0.1) is 0 Å². The third kappa shape index (κ3) is 3.30. The molecule has 0 saturated carbocycles. The smallest absolute Gasteiger partial charge is 0.226 e. The van der Waals surface area contributed by atoms with Crippen molar-refractivity contribution in [3.8, 4) is 0 Å². The van der Waals surface area contributed by atoms with E-state index >= 15 is 0 Å². The van der Waals surface area contributed by atoms with Crippen LogP contribution in [0.3, 0.4) is 0 Å². The maximum absolute atomic E-state index is 11.5. The predicted octanol–water partition coefficient (Wildman–Crippen LogP) is 0.950. The van der Waals surface area contributed by atoms with E-state index in [1.165, 1.54) is 6.33 Å². The lowest BCUT2D eigenvalue weighted by Gasteiger charge is -2.21. The van der Waals surface area contributed by atoms with E-state index in [0.717, 1.165) is 32.5 Å². The van der Waals surface area contributed by atoms with Crippen molar-refractivity contribution >= 4 is 11.9 Å². The average Bonchev–Trinajstić information content (AvgIpc) is 2.81. The molecule has 1 aliphatic rings. The standard InChI is InChI=1S/C10H16N4O2/c15-9(13-10-11-7-12-14-10)2-1-8-3-5-16-6-4-8/h7-8H,1-6H2,(H2,11,12,13,14,15). The lowest BCUT2D eigenvalue weighted by Crippen LogP contribution is -2.19. The number of ether oxygens (including phenoxy) is 1. The van der Waals surface area contributed by atoms with Crippen LogP contribution in [-0.2, 0) is 9.53 Å². The van der Waals surface area contributed by atoms with Crippen molar-refractivity contribution in [3.05, 3.63) is 6.33 Å². The number of rotatable bonds is 4. The van der Waals surface area contributed by atoms with Crippen LogP contribution in [0.4, 0.5) is 5.95 Å². The number of hydrogen-bond donors (Lipinski definition) is 2. The van der Waals surface area contributed by atoms with E-state index in [-0.39, 0.29) is 5.91 Å². The molecule has 1 saturated heterocycles. The van der Waals surface area contributed by atoms with Gasteiger partial charge in [-0.25, -0.2) is 5.10 Å².